The molecule has 4 atom stereocenters. The Labute approximate surface area is 108 Å². The number of piperidine rings is 1. The first-order valence-corrected chi connectivity index (χ1v) is 6.19. The minimum Gasteiger partial charge on any atom is -0.395 e. The third-order valence-corrected chi connectivity index (χ3v) is 3.39. The van der Waals surface area contributed by atoms with Crippen LogP contribution in [0.5, 0.6) is 0 Å². The van der Waals surface area contributed by atoms with Crippen molar-refractivity contribution in [2.45, 2.75) is 57.5 Å². The second-order valence-electron chi connectivity index (χ2n) is 5.86. The van der Waals surface area contributed by atoms with E-state index < -0.39 is 24.3 Å². The Morgan fingerprint density at radius 3 is 2.28 bits per heavy atom. The lowest BCUT2D eigenvalue weighted by Crippen LogP contribution is -2.69. The van der Waals surface area contributed by atoms with E-state index in [1.165, 1.54) is 6.92 Å². The van der Waals surface area contributed by atoms with Crippen molar-refractivity contribution >= 4 is 5.91 Å². The molecule has 0 aromatic rings. The van der Waals surface area contributed by atoms with Gasteiger partial charge in [-0.3, -0.25) is 9.69 Å². The number of likely N-dealkylation sites (tertiary alicyclic amines) is 1. The van der Waals surface area contributed by atoms with Crippen LogP contribution in [0, 0.1) is 0 Å². The first-order chi connectivity index (χ1) is 8.18. The van der Waals surface area contributed by atoms with Gasteiger partial charge < -0.3 is 20.6 Å². The fourth-order valence-corrected chi connectivity index (χ4v) is 2.48. The van der Waals surface area contributed by atoms with Gasteiger partial charge in [-0.05, 0) is 20.8 Å². The molecule has 106 valence electrons. The van der Waals surface area contributed by atoms with Crippen LogP contribution in [0.25, 0.3) is 0 Å². The van der Waals surface area contributed by atoms with Crippen molar-refractivity contribution in [1.29, 1.82) is 0 Å². The van der Waals surface area contributed by atoms with E-state index in [0.717, 1.165) is 0 Å². The lowest BCUT2D eigenvalue weighted by molar-refractivity contribution is -0.138. The molecule has 1 aliphatic rings. The fraction of sp³-hybridized carbons (Fsp3) is 0.917. The fourth-order valence-electron chi connectivity index (χ4n) is 2.48. The summed E-state index contributed by atoms with van der Waals surface area (Å²) in [5.41, 5.74) is -0.273. The van der Waals surface area contributed by atoms with Gasteiger partial charge in [0, 0.05) is 19.0 Å². The topological polar surface area (TPSA) is 93.0 Å². The van der Waals surface area contributed by atoms with Crippen molar-refractivity contribution in [3.63, 3.8) is 0 Å². The minimum atomic E-state index is -1.08. The maximum absolute atomic E-state index is 11.1. The molecule has 0 aliphatic carbocycles. The first kappa shape index (κ1) is 15.4. The summed E-state index contributed by atoms with van der Waals surface area (Å²) in [4.78, 5) is 13.0. The molecule has 6 nitrogen and oxygen atoms in total. The number of hydrogen-bond donors (Lipinski definition) is 4. The van der Waals surface area contributed by atoms with Gasteiger partial charge in [0.15, 0.2) is 0 Å². The normalized spacial score (nSPS) is 34.4. The van der Waals surface area contributed by atoms with Gasteiger partial charge in [0.05, 0.1) is 24.8 Å². The van der Waals surface area contributed by atoms with Crippen molar-refractivity contribution in [1.82, 2.24) is 10.2 Å². The predicted octanol–water partition coefficient (Wildman–Crippen LogP) is -1.31. The molecule has 18 heavy (non-hydrogen) atoms. The summed E-state index contributed by atoms with van der Waals surface area (Å²) in [7, 11) is 0. The van der Waals surface area contributed by atoms with Crippen molar-refractivity contribution in [2.75, 3.05) is 13.2 Å². The Morgan fingerprint density at radius 2 is 1.89 bits per heavy atom. The monoisotopic (exact) mass is 260 g/mol. The summed E-state index contributed by atoms with van der Waals surface area (Å²) < 4.78 is 0. The van der Waals surface area contributed by atoms with Crippen LogP contribution in [0.15, 0.2) is 0 Å². The molecule has 1 rings (SSSR count). The van der Waals surface area contributed by atoms with Crippen LogP contribution < -0.4 is 5.32 Å². The van der Waals surface area contributed by atoms with Crippen LogP contribution in [-0.2, 0) is 4.79 Å². The number of rotatable bonds is 2. The van der Waals surface area contributed by atoms with E-state index >= 15 is 0 Å². The molecule has 4 N–H and O–H groups in total. The highest BCUT2D eigenvalue weighted by Crippen LogP contribution is 2.26. The van der Waals surface area contributed by atoms with Crippen molar-refractivity contribution in [3.8, 4) is 0 Å². The molecule has 0 spiro atoms. The predicted molar refractivity (Wildman–Crippen MR) is 67.0 cm³/mol. The zero-order valence-corrected chi connectivity index (χ0v) is 11.4. The molecule has 0 aromatic heterocycles. The molecule has 1 saturated heterocycles. The van der Waals surface area contributed by atoms with Crippen LogP contribution >= 0.6 is 0 Å². The Kier molecular flexibility index (Phi) is 4.72. The number of aliphatic hydroxyl groups is 3. The van der Waals surface area contributed by atoms with Crippen molar-refractivity contribution in [3.05, 3.63) is 0 Å². The number of nitrogens with one attached hydrogen (secondary N) is 1. The Morgan fingerprint density at radius 1 is 1.33 bits per heavy atom. The van der Waals surface area contributed by atoms with E-state index in [0.29, 0.717) is 6.54 Å². The summed E-state index contributed by atoms with van der Waals surface area (Å²) in [6.45, 7) is 7.42. The van der Waals surface area contributed by atoms with E-state index in [1.807, 2.05) is 25.7 Å². The second-order valence-corrected chi connectivity index (χ2v) is 5.86. The Hall–Kier alpha value is -0.690. The third-order valence-electron chi connectivity index (χ3n) is 3.39. The van der Waals surface area contributed by atoms with E-state index in [4.69, 9.17) is 0 Å². The van der Waals surface area contributed by atoms with Crippen LogP contribution in [-0.4, -0.2) is 69.1 Å². The van der Waals surface area contributed by atoms with Gasteiger partial charge in [-0.2, -0.15) is 0 Å². The lowest BCUT2D eigenvalue weighted by atomic mass is 9.88. The highest BCUT2D eigenvalue weighted by molar-refractivity contribution is 5.73. The summed E-state index contributed by atoms with van der Waals surface area (Å²) in [5.74, 6) is -0.248. The highest BCUT2D eigenvalue weighted by atomic mass is 16.3. The van der Waals surface area contributed by atoms with E-state index in [9.17, 15) is 20.1 Å². The standard InChI is InChI=1S/C12H24N2O4/c1-7(16)13-8-5-14(12(2,3)4)9(6-15)11(18)10(8)17/h8-11,15,17-18H,5-6H2,1-4H3,(H,13,16)/t8-,9?,10?,11?/m1/s1. The molecule has 3 unspecified atom stereocenters. The van der Waals surface area contributed by atoms with Gasteiger partial charge in [-0.25, -0.2) is 0 Å². The average molecular weight is 260 g/mol. The summed E-state index contributed by atoms with van der Waals surface area (Å²) in [5, 5.41) is 32.0. The second kappa shape index (κ2) is 5.52. The number of amides is 1. The Bertz CT molecular complexity index is 303. The number of carbonyl (C=O) groups is 1. The molecule has 1 heterocycles. The lowest BCUT2D eigenvalue weighted by Gasteiger charge is -2.50. The molecular formula is C12H24N2O4. The smallest absolute Gasteiger partial charge is 0.217 e. The van der Waals surface area contributed by atoms with Crippen LogP contribution in [0.3, 0.4) is 0 Å². The van der Waals surface area contributed by atoms with Gasteiger partial charge in [-0.15, -0.1) is 0 Å². The van der Waals surface area contributed by atoms with Crippen LogP contribution in [0.2, 0.25) is 0 Å². The number of carbonyl (C=O) groups excluding carboxylic acids is 1. The van der Waals surface area contributed by atoms with Gasteiger partial charge in [0.25, 0.3) is 0 Å². The van der Waals surface area contributed by atoms with Gasteiger partial charge >= 0.3 is 0 Å². The van der Waals surface area contributed by atoms with E-state index in [1.54, 1.807) is 0 Å². The quantitative estimate of drug-likeness (QED) is 0.494. The summed E-state index contributed by atoms with van der Waals surface area (Å²) in [6, 6.07) is -1.05. The molecule has 1 aliphatic heterocycles. The largest absolute Gasteiger partial charge is 0.395 e. The highest BCUT2D eigenvalue weighted by Gasteiger charge is 2.45. The molecule has 0 radical (unpaired) electrons. The van der Waals surface area contributed by atoms with Crippen molar-refractivity contribution < 1.29 is 20.1 Å². The SMILES string of the molecule is CC(=O)N[C@@H]1CN(C(C)(C)C)C(CO)C(O)C1O. The van der Waals surface area contributed by atoms with E-state index in [2.05, 4.69) is 5.32 Å². The summed E-state index contributed by atoms with van der Waals surface area (Å²) in [6.07, 6.45) is -2.15. The minimum absolute atomic E-state index is 0.234. The summed E-state index contributed by atoms with van der Waals surface area (Å²) >= 11 is 0. The molecule has 6 heteroatoms. The number of aliphatic hydroxyl groups excluding tert-OH is 3. The van der Waals surface area contributed by atoms with Crippen molar-refractivity contribution in [2.24, 2.45) is 0 Å². The average Bonchev–Trinajstić information content (AvgIpc) is 2.22. The zero-order valence-electron chi connectivity index (χ0n) is 11.4. The van der Waals surface area contributed by atoms with Gasteiger partial charge in [-0.1, -0.05) is 0 Å². The molecular weight excluding hydrogens is 236 g/mol. The van der Waals surface area contributed by atoms with E-state index in [-0.39, 0.29) is 18.1 Å². The first-order valence-electron chi connectivity index (χ1n) is 6.19. The third kappa shape index (κ3) is 3.20. The van der Waals surface area contributed by atoms with Crippen LogP contribution in [0.4, 0.5) is 0 Å². The van der Waals surface area contributed by atoms with Gasteiger partial charge in [0.2, 0.25) is 5.91 Å². The molecule has 0 bridgehead atoms. The molecule has 0 saturated carbocycles. The maximum Gasteiger partial charge on any atom is 0.217 e. The number of nitrogens with zero attached hydrogens (tertiary/aromatic N) is 1. The number of hydrogen-bond acceptors (Lipinski definition) is 5. The molecule has 1 fully saturated rings. The molecule has 0 aromatic carbocycles. The van der Waals surface area contributed by atoms with Gasteiger partial charge in [0.1, 0.15) is 6.10 Å². The van der Waals surface area contributed by atoms with Crippen LogP contribution in [0.1, 0.15) is 27.7 Å². The maximum atomic E-state index is 11.1. The zero-order chi connectivity index (χ0) is 14.1. The molecule has 1 amide bonds. The Balaban J connectivity index is 2.93.